The first-order chi connectivity index (χ1) is 12.9. The van der Waals surface area contributed by atoms with E-state index in [-0.39, 0.29) is 10.7 Å². The van der Waals surface area contributed by atoms with Crippen LogP contribution in [0.1, 0.15) is 36.2 Å². The zero-order valence-corrected chi connectivity index (χ0v) is 15.3. The van der Waals surface area contributed by atoms with Crippen LogP contribution in [0, 0.1) is 0 Å². The first-order valence-electron chi connectivity index (χ1n) is 8.46. The molecule has 1 fully saturated rings. The summed E-state index contributed by atoms with van der Waals surface area (Å²) in [5, 5.41) is 11.8. The van der Waals surface area contributed by atoms with Crippen LogP contribution in [-0.2, 0) is 10.0 Å². The fourth-order valence-electron chi connectivity index (χ4n) is 2.72. The zero-order chi connectivity index (χ0) is 19.0. The van der Waals surface area contributed by atoms with Crippen LogP contribution in [0.25, 0.3) is 11.4 Å². The second-order valence-electron chi connectivity index (χ2n) is 6.44. The number of benzene rings is 2. The lowest BCUT2D eigenvalue weighted by Crippen LogP contribution is -2.13. The Labute approximate surface area is 156 Å². The highest BCUT2D eigenvalue weighted by Gasteiger charge is 2.28. The Morgan fingerprint density at radius 2 is 1.74 bits per heavy atom. The maximum atomic E-state index is 12.5. The molecule has 138 valence electrons. The zero-order valence-electron chi connectivity index (χ0n) is 14.5. The number of Topliss-reactive ketones (excluding diaryl/α,β-unsaturated/α-hetero) is 1. The number of hydrogen-bond donors (Lipinski definition) is 1. The minimum absolute atomic E-state index is 0.0919. The summed E-state index contributed by atoms with van der Waals surface area (Å²) in [6.45, 7) is 1.43. The molecule has 0 amide bonds. The molecule has 1 N–H and O–H groups in total. The van der Waals surface area contributed by atoms with E-state index in [9.17, 15) is 13.2 Å². The molecule has 1 saturated carbocycles. The number of nitrogens with one attached hydrogen (secondary N) is 1. The fraction of sp³-hybridized carbons (Fsp3) is 0.222. The highest BCUT2D eigenvalue weighted by molar-refractivity contribution is 7.92. The highest BCUT2D eigenvalue weighted by atomic mass is 32.2. The number of sulfonamides is 1. The Morgan fingerprint density at radius 1 is 1.07 bits per heavy atom. The number of aromatic nitrogens is 4. The number of tetrazole rings is 1. The summed E-state index contributed by atoms with van der Waals surface area (Å²) in [7, 11) is -3.74. The Bertz CT molecular complexity index is 1080. The Kier molecular flexibility index (Phi) is 4.23. The van der Waals surface area contributed by atoms with Gasteiger partial charge in [-0.25, -0.2) is 13.1 Å². The molecule has 0 radical (unpaired) electrons. The van der Waals surface area contributed by atoms with E-state index < -0.39 is 10.0 Å². The van der Waals surface area contributed by atoms with E-state index in [2.05, 4.69) is 20.2 Å². The highest BCUT2D eigenvalue weighted by Crippen LogP contribution is 2.36. The predicted molar refractivity (Wildman–Crippen MR) is 98.8 cm³/mol. The summed E-state index contributed by atoms with van der Waals surface area (Å²) in [6, 6.07) is 13.1. The lowest BCUT2D eigenvalue weighted by molar-refractivity contribution is 0.101. The third-order valence-corrected chi connectivity index (χ3v) is 5.75. The van der Waals surface area contributed by atoms with E-state index in [4.69, 9.17) is 0 Å². The molecule has 0 bridgehead atoms. The van der Waals surface area contributed by atoms with Crippen LogP contribution in [0.4, 0.5) is 5.69 Å². The summed E-state index contributed by atoms with van der Waals surface area (Å²) in [4.78, 5) is 11.4. The average molecular weight is 383 g/mol. The van der Waals surface area contributed by atoms with E-state index in [0.717, 1.165) is 18.4 Å². The first-order valence-corrected chi connectivity index (χ1v) is 9.94. The van der Waals surface area contributed by atoms with Crippen molar-refractivity contribution in [1.82, 2.24) is 20.2 Å². The van der Waals surface area contributed by atoms with Crippen molar-refractivity contribution >= 4 is 21.5 Å². The monoisotopic (exact) mass is 383 g/mol. The van der Waals surface area contributed by atoms with Crippen LogP contribution in [0.5, 0.6) is 0 Å². The Hall–Kier alpha value is -3.07. The fourth-order valence-corrected chi connectivity index (χ4v) is 3.78. The topological polar surface area (TPSA) is 107 Å². The van der Waals surface area contributed by atoms with Gasteiger partial charge in [-0.15, -0.1) is 5.10 Å². The quantitative estimate of drug-likeness (QED) is 0.656. The number of anilines is 1. The van der Waals surface area contributed by atoms with Crippen molar-refractivity contribution in [2.45, 2.75) is 30.7 Å². The molecule has 0 aliphatic heterocycles. The number of nitrogens with zero attached hydrogens (tertiary/aromatic N) is 4. The molecule has 3 aromatic rings. The summed E-state index contributed by atoms with van der Waals surface area (Å²) >= 11 is 0. The van der Waals surface area contributed by atoms with Gasteiger partial charge >= 0.3 is 0 Å². The molecule has 8 nitrogen and oxygen atoms in total. The molecule has 0 atom stereocenters. The minimum atomic E-state index is -3.74. The lowest BCUT2D eigenvalue weighted by Gasteiger charge is -2.09. The van der Waals surface area contributed by atoms with Gasteiger partial charge in [-0.1, -0.05) is 12.1 Å². The Morgan fingerprint density at radius 3 is 2.33 bits per heavy atom. The summed E-state index contributed by atoms with van der Waals surface area (Å²) in [5.41, 5.74) is 1.71. The molecular weight excluding hydrogens is 366 g/mol. The van der Waals surface area contributed by atoms with Gasteiger partial charge in [0.25, 0.3) is 10.0 Å². The normalized spacial score (nSPS) is 14.1. The molecule has 9 heteroatoms. The van der Waals surface area contributed by atoms with Crippen LogP contribution in [0.2, 0.25) is 0 Å². The smallest absolute Gasteiger partial charge is 0.261 e. The molecule has 4 rings (SSSR count). The molecule has 0 spiro atoms. The first kappa shape index (κ1) is 17.3. The molecule has 27 heavy (non-hydrogen) atoms. The van der Waals surface area contributed by atoms with E-state index in [0.29, 0.717) is 23.1 Å². The SMILES string of the molecule is CC(=O)c1ccc(S(=O)(=O)Nc2ccc(-c3nnnn3C3CC3)cc2)cc1. The summed E-state index contributed by atoms with van der Waals surface area (Å²) in [5.74, 6) is 0.558. The molecule has 1 aliphatic rings. The molecule has 0 unspecified atom stereocenters. The van der Waals surface area contributed by atoms with Gasteiger partial charge in [0.1, 0.15) is 0 Å². The van der Waals surface area contributed by atoms with Crippen LogP contribution >= 0.6 is 0 Å². The average Bonchev–Trinajstić information content (AvgIpc) is 3.39. The van der Waals surface area contributed by atoms with Gasteiger partial charge in [-0.05, 0) is 66.6 Å². The van der Waals surface area contributed by atoms with Crippen LogP contribution in [0.3, 0.4) is 0 Å². The van der Waals surface area contributed by atoms with Crippen molar-refractivity contribution in [1.29, 1.82) is 0 Å². The van der Waals surface area contributed by atoms with Crippen molar-refractivity contribution in [2.75, 3.05) is 4.72 Å². The van der Waals surface area contributed by atoms with Crippen LogP contribution in [0.15, 0.2) is 53.4 Å². The molecule has 1 heterocycles. The number of carbonyl (C=O) groups excluding carboxylic acids is 1. The molecule has 0 saturated heterocycles. The van der Waals surface area contributed by atoms with E-state index in [1.165, 1.54) is 31.2 Å². The molecular formula is C18H17N5O3S. The number of carbonyl (C=O) groups is 1. The van der Waals surface area contributed by atoms with E-state index >= 15 is 0 Å². The van der Waals surface area contributed by atoms with Gasteiger partial charge < -0.3 is 0 Å². The predicted octanol–water partition coefficient (Wildman–Crippen LogP) is 2.68. The largest absolute Gasteiger partial charge is 0.295 e. The number of ketones is 1. The maximum absolute atomic E-state index is 12.5. The van der Waals surface area contributed by atoms with Crippen LogP contribution < -0.4 is 4.72 Å². The summed E-state index contributed by atoms with van der Waals surface area (Å²) < 4.78 is 29.4. The standard InChI is InChI=1S/C18H17N5O3S/c1-12(24)13-4-10-17(11-5-13)27(25,26)20-15-6-2-14(3-7-15)18-19-21-22-23(18)16-8-9-16/h2-7,10-11,16,20H,8-9H2,1H3. The van der Waals surface area contributed by atoms with Gasteiger partial charge in [0.2, 0.25) is 0 Å². The van der Waals surface area contributed by atoms with Gasteiger partial charge in [0.05, 0.1) is 10.9 Å². The lowest BCUT2D eigenvalue weighted by atomic mass is 10.2. The van der Waals surface area contributed by atoms with Gasteiger partial charge in [-0.2, -0.15) is 0 Å². The van der Waals surface area contributed by atoms with Gasteiger partial charge in [-0.3, -0.25) is 9.52 Å². The maximum Gasteiger partial charge on any atom is 0.261 e. The third-order valence-electron chi connectivity index (χ3n) is 4.35. The van der Waals surface area contributed by atoms with E-state index in [1.54, 1.807) is 28.9 Å². The molecule has 1 aromatic heterocycles. The molecule has 1 aliphatic carbocycles. The summed E-state index contributed by atoms with van der Waals surface area (Å²) in [6.07, 6.45) is 2.14. The molecule has 2 aromatic carbocycles. The van der Waals surface area contributed by atoms with Crippen molar-refractivity contribution in [3.05, 3.63) is 54.1 Å². The van der Waals surface area contributed by atoms with Gasteiger partial charge in [0, 0.05) is 16.8 Å². The second-order valence-corrected chi connectivity index (χ2v) is 8.12. The third kappa shape index (κ3) is 3.59. The van der Waals surface area contributed by atoms with Crippen molar-refractivity contribution in [3.63, 3.8) is 0 Å². The van der Waals surface area contributed by atoms with E-state index in [1.807, 2.05) is 0 Å². The number of hydrogen-bond acceptors (Lipinski definition) is 6. The van der Waals surface area contributed by atoms with Crippen molar-refractivity contribution < 1.29 is 13.2 Å². The van der Waals surface area contributed by atoms with Crippen LogP contribution in [-0.4, -0.2) is 34.4 Å². The van der Waals surface area contributed by atoms with Crippen molar-refractivity contribution in [2.24, 2.45) is 0 Å². The van der Waals surface area contributed by atoms with Gasteiger partial charge in [0.15, 0.2) is 11.6 Å². The Balaban J connectivity index is 1.53. The van der Waals surface area contributed by atoms with Crippen molar-refractivity contribution in [3.8, 4) is 11.4 Å². The minimum Gasteiger partial charge on any atom is -0.295 e. The number of rotatable bonds is 6. The second kappa shape index (κ2) is 6.58.